The first-order valence-electron chi connectivity index (χ1n) is 5.57. The van der Waals surface area contributed by atoms with Gasteiger partial charge in [0.05, 0.1) is 13.2 Å². The highest BCUT2D eigenvalue weighted by atomic mass is 79.9. The largest absolute Gasteiger partial charge is 0.380 e. The molecule has 0 saturated heterocycles. The number of halogens is 2. The lowest BCUT2D eigenvalue weighted by Crippen LogP contribution is -2.20. The summed E-state index contributed by atoms with van der Waals surface area (Å²) in [5.41, 5.74) is 0.666. The van der Waals surface area contributed by atoms with Crippen molar-refractivity contribution in [2.75, 3.05) is 19.8 Å². The Morgan fingerprint density at radius 1 is 1.41 bits per heavy atom. The summed E-state index contributed by atoms with van der Waals surface area (Å²) >= 11 is 3.22. The van der Waals surface area contributed by atoms with E-state index in [1.807, 2.05) is 12.1 Å². The van der Waals surface area contributed by atoms with Gasteiger partial charge in [-0.1, -0.05) is 28.1 Å². The highest BCUT2D eigenvalue weighted by Crippen LogP contribution is 2.14. The van der Waals surface area contributed by atoms with Crippen LogP contribution >= 0.6 is 15.9 Å². The third-order valence-corrected chi connectivity index (χ3v) is 2.71. The molecule has 1 N–H and O–H groups in total. The second-order valence-electron chi connectivity index (χ2n) is 3.60. The minimum atomic E-state index is -0.195. The molecule has 17 heavy (non-hydrogen) atoms. The molecule has 0 saturated carbocycles. The van der Waals surface area contributed by atoms with E-state index >= 15 is 0 Å². The molecule has 0 aliphatic carbocycles. The topological polar surface area (TPSA) is 21.3 Å². The van der Waals surface area contributed by atoms with Crippen LogP contribution in [0.5, 0.6) is 0 Å². The molecule has 0 aliphatic heterocycles. The maximum absolute atomic E-state index is 13.4. The Kier molecular flexibility index (Phi) is 7.08. The van der Waals surface area contributed by atoms with Crippen LogP contribution in [0.15, 0.2) is 35.3 Å². The van der Waals surface area contributed by atoms with Crippen LogP contribution in [0.1, 0.15) is 12.0 Å². The molecule has 0 radical (unpaired) electrons. The Morgan fingerprint density at radius 3 is 2.94 bits per heavy atom. The first-order valence-corrected chi connectivity index (χ1v) is 6.36. The van der Waals surface area contributed by atoms with Crippen molar-refractivity contribution in [1.82, 2.24) is 5.32 Å². The van der Waals surface area contributed by atoms with Gasteiger partial charge in [-0.2, -0.15) is 0 Å². The quantitative estimate of drug-likeness (QED) is 0.588. The van der Waals surface area contributed by atoms with E-state index in [-0.39, 0.29) is 5.82 Å². The summed E-state index contributed by atoms with van der Waals surface area (Å²) < 4.78 is 19.5. The summed E-state index contributed by atoms with van der Waals surface area (Å²) in [6, 6.07) is 5.07. The third kappa shape index (κ3) is 5.96. The fourth-order valence-corrected chi connectivity index (χ4v) is 1.63. The number of hydrogen-bond donors (Lipinski definition) is 1. The minimum Gasteiger partial charge on any atom is -0.380 e. The minimum absolute atomic E-state index is 0.195. The van der Waals surface area contributed by atoms with Crippen molar-refractivity contribution < 1.29 is 9.13 Å². The number of ether oxygens (including phenoxy) is 1. The number of hydrogen-bond acceptors (Lipinski definition) is 2. The molecule has 0 bridgehead atoms. The summed E-state index contributed by atoms with van der Waals surface area (Å²) in [5, 5.41) is 3.13. The van der Waals surface area contributed by atoms with Crippen LogP contribution in [0.25, 0.3) is 0 Å². The second-order valence-corrected chi connectivity index (χ2v) is 4.52. The summed E-state index contributed by atoms with van der Waals surface area (Å²) in [4.78, 5) is 0. The van der Waals surface area contributed by atoms with Gasteiger partial charge in [-0.15, -0.1) is 6.58 Å². The van der Waals surface area contributed by atoms with Crippen molar-refractivity contribution in [1.29, 1.82) is 0 Å². The van der Waals surface area contributed by atoms with Crippen LogP contribution in [0.3, 0.4) is 0 Å². The van der Waals surface area contributed by atoms with E-state index in [2.05, 4.69) is 27.8 Å². The standard InChI is InChI=1S/C13H17BrFNO/c1-2-3-7-17-8-6-16-10-11-4-5-12(14)9-13(11)15/h2,4-5,9,16H,1,3,6-8,10H2. The molecule has 0 aliphatic rings. The Morgan fingerprint density at radius 2 is 2.24 bits per heavy atom. The van der Waals surface area contributed by atoms with E-state index in [0.717, 1.165) is 10.9 Å². The molecule has 0 aromatic heterocycles. The highest BCUT2D eigenvalue weighted by Gasteiger charge is 2.01. The normalized spacial score (nSPS) is 10.5. The molecule has 0 atom stereocenters. The molecular weight excluding hydrogens is 285 g/mol. The van der Waals surface area contributed by atoms with E-state index in [4.69, 9.17) is 4.74 Å². The lowest BCUT2D eigenvalue weighted by Gasteiger charge is -2.06. The van der Waals surface area contributed by atoms with Gasteiger partial charge < -0.3 is 10.1 Å². The van der Waals surface area contributed by atoms with E-state index in [9.17, 15) is 4.39 Å². The molecule has 4 heteroatoms. The SMILES string of the molecule is C=CCCOCCNCc1ccc(Br)cc1F. The van der Waals surface area contributed by atoms with Gasteiger partial charge in [-0.25, -0.2) is 4.39 Å². The number of benzene rings is 1. The summed E-state index contributed by atoms with van der Waals surface area (Å²) in [7, 11) is 0. The fraction of sp³-hybridized carbons (Fsp3) is 0.385. The fourth-order valence-electron chi connectivity index (χ4n) is 1.30. The predicted octanol–water partition coefficient (Wildman–Crippen LogP) is 3.27. The first kappa shape index (κ1) is 14.4. The summed E-state index contributed by atoms with van der Waals surface area (Å²) in [5.74, 6) is -0.195. The van der Waals surface area contributed by atoms with Crippen molar-refractivity contribution in [3.8, 4) is 0 Å². The van der Waals surface area contributed by atoms with Crippen LogP contribution in [-0.4, -0.2) is 19.8 Å². The Hall–Kier alpha value is -0.710. The van der Waals surface area contributed by atoms with E-state index in [0.29, 0.717) is 31.9 Å². The van der Waals surface area contributed by atoms with Crippen LogP contribution < -0.4 is 5.32 Å². The van der Waals surface area contributed by atoms with Crippen LogP contribution in [-0.2, 0) is 11.3 Å². The van der Waals surface area contributed by atoms with Gasteiger partial charge in [-0.3, -0.25) is 0 Å². The van der Waals surface area contributed by atoms with Gasteiger partial charge in [0.25, 0.3) is 0 Å². The maximum Gasteiger partial charge on any atom is 0.128 e. The van der Waals surface area contributed by atoms with E-state index < -0.39 is 0 Å². The van der Waals surface area contributed by atoms with E-state index in [1.54, 1.807) is 6.07 Å². The molecule has 0 heterocycles. The van der Waals surface area contributed by atoms with Crippen molar-refractivity contribution in [2.24, 2.45) is 0 Å². The van der Waals surface area contributed by atoms with Crippen LogP contribution in [0.2, 0.25) is 0 Å². The number of nitrogens with one attached hydrogen (secondary N) is 1. The summed E-state index contributed by atoms with van der Waals surface area (Å²) in [6.07, 6.45) is 2.69. The number of rotatable bonds is 8. The van der Waals surface area contributed by atoms with Gasteiger partial charge in [0.1, 0.15) is 5.82 Å². The average molecular weight is 302 g/mol. The van der Waals surface area contributed by atoms with Gasteiger partial charge in [0, 0.05) is 23.1 Å². The lowest BCUT2D eigenvalue weighted by atomic mass is 10.2. The van der Waals surface area contributed by atoms with Crippen LogP contribution in [0.4, 0.5) is 4.39 Å². The zero-order chi connectivity index (χ0) is 12.5. The van der Waals surface area contributed by atoms with Crippen molar-refractivity contribution >= 4 is 15.9 Å². The Labute approximate surface area is 110 Å². The molecule has 1 aromatic rings. The molecule has 0 amide bonds. The lowest BCUT2D eigenvalue weighted by molar-refractivity contribution is 0.140. The zero-order valence-corrected chi connectivity index (χ0v) is 11.3. The molecule has 94 valence electrons. The molecule has 0 spiro atoms. The van der Waals surface area contributed by atoms with Gasteiger partial charge in [0.15, 0.2) is 0 Å². The highest BCUT2D eigenvalue weighted by molar-refractivity contribution is 9.10. The van der Waals surface area contributed by atoms with Crippen molar-refractivity contribution in [3.05, 3.63) is 46.7 Å². The smallest absolute Gasteiger partial charge is 0.128 e. The Balaban J connectivity index is 2.15. The molecule has 0 fully saturated rings. The molecule has 2 nitrogen and oxygen atoms in total. The zero-order valence-electron chi connectivity index (χ0n) is 9.72. The molecular formula is C13H17BrFNO. The van der Waals surface area contributed by atoms with Gasteiger partial charge in [-0.05, 0) is 18.6 Å². The summed E-state index contributed by atoms with van der Waals surface area (Å²) in [6.45, 7) is 6.17. The molecule has 1 rings (SSSR count). The predicted molar refractivity (Wildman–Crippen MR) is 71.4 cm³/mol. The van der Waals surface area contributed by atoms with Crippen molar-refractivity contribution in [2.45, 2.75) is 13.0 Å². The average Bonchev–Trinajstić information content (AvgIpc) is 2.30. The van der Waals surface area contributed by atoms with Crippen molar-refractivity contribution in [3.63, 3.8) is 0 Å². The monoisotopic (exact) mass is 301 g/mol. The van der Waals surface area contributed by atoms with E-state index in [1.165, 1.54) is 6.07 Å². The second kappa shape index (κ2) is 8.39. The first-order chi connectivity index (χ1) is 8.24. The van der Waals surface area contributed by atoms with Crippen LogP contribution in [0, 0.1) is 5.82 Å². The Bertz CT molecular complexity index is 357. The third-order valence-electron chi connectivity index (χ3n) is 2.22. The molecule has 0 unspecified atom stereocenters. The van der Waals surface area contributed by atoms with Gasteiger partial charge >= 0.3 is 0 Å². The molecule has 1 aromatic carbocycles. The maximum atomic E-state index is 13.4. The van der Waals surface area contributed by atoms with Gasteiger partial charge in [0.2, 0.25) is 0 Å².